The molecule has 1 unspecified atom stereocenters. The molecule has 1 aromatic rings. The summed E-state index contributed by atoms with van der Waals surface area (Å²) in [7, 11) is 0. The third-order valence-electron chi connectivity index (χ3n) is 3.50. The number of hydrogen-bond acceptors (Lipinski definition) is 2. The van der Waals surface area contributed by atoms with Gasteiger partial charge in [-0.1, -0.05) is 37.3 Å². The van der Waals surface area contributed by atoms with Crippen molar-refractivity contribution in [2.24, 2.45) is 5.41 Å². The Morgan fingerprint density at radius 2 is 2.00 bits per heavy atom. The van der Waals surface area contributed by atoms with E-state index >= 15 is 0 Å². The quantitative estimate of drug-likeness (QED) is 0.769. The van der Waals surface area contributed by atoms with Gasteiger partial charge in [-0.15, -0.1) is 0 Å². The number of rotatable bonds is 6. The first kappa shape index (κ1) is 11.6. The molecular weight excluding hydrogens is 198 g/mol. The fourth-order valence-corrected chi connectivity index (χ4v) is 2.07. The van der Waals surface area contributed by atoms with E-state index in [9.17, 15) is 5.11 Å². The van der Waals surface area contributed by atoms with Crippen LogP contribution >= 0.6 is 0 Å². The van der Waals surface area contributed by atoms with Crippen LogP contribution in [-0.4, -0.2) is 17.8 Å². The minimum atomic E-state index is 0.239. The summed E-state index contributed by atoms with van der Waals surface area (Å²) in [4.78, 5) is 0. The third-order valence-corrected chi connectivity index (χ3v) is 3.50. The molecule has 0 saturated heterocycles. The lowest BCUT2D eigenvalue weighted by molar-refractivity contribution is 0.217. The highest BCUT2D eigenvalue weighted by atomic mass is 16.3. The lowest BCUT2D eigenvalue weighted by Gasteiger charge is -2.19. The Morgan fingerprint density at radius 3 is 2.56 bits per heavy atom. The van der Waals surface area contributed by atoms with Crippen LogP contribution in [0, 0.1) is 5.41 Å². The highest BCUT2D eigenvalue weighted by Gasteiger charge is 2.38. The Hall–Kier alpha value is -0.860. The van der Waals surface area contributed by atoms with Gasteiger partial charge in [0.25, 0.3) is 0 Å². The lowest BCUT2D eigenvalue weighted by atomic mass is 9.99. The van der Waals surface area contributed by atoms with Crippen LogP contribution in [0.1, 0.15) is 31.7 Å². The molecule has 1 saturated carbocycles. The van der Waals surface area contributed by atoms with E-state index in [-0.39, 0.29) is 12.6 Å². The Bertz CT molecular complexity index is 319. The molecule has 2 nitrogen and oxygen atoms in total. The van der Waals surface area contributed by atoms with Gasteiger partial charge < -0.3 is 10.4 Å². The Kier molecular flexibility index (Phi) is 3.62. The van der Waals surface area contributed by atoms with Gasteiger partial charge in [0.2, 0.25) is 0 Å². The van der Waals surface area contributed by atoms with E-state index in [1.807, 2.05) is 18.2 Å². The van der Waals surface area contributed by atoms with Gasteiger partial charge in [-0.3, -0.25) is 0 Å². The smallest absolute Gasteiger partial charge is 0.0584 e. The standard InChI is InChI=1S/C14H21NO/c1-14(7-8-14)9-13(11-16)15-10-12-5-3-2-4-6-12/h2-6,13,15-16H,7-11H2,1H3. The van der Waals surface area contributed by atoms with Gasteiger partial charge in [0, 0.05) is 12.6 Å². The predicted octanol–water partition coefficient (Wildman–Crippen LogP) is 2.33. The van der Waals surface area contributed by atoms with E-state index < -0.39 is 0 Å². The van der Waals surface area contributed by atoms with Crippen LogP contribution in [0.4, 0.5) is 0 Å². The van der Waals surface area contributed by atoms with Crippen molar-refractivity contribution in [1.82, 2.24) is 5.32 Å². The van der Waals surface area contributed by atoms with E-state index in [1.54, 1.807) is 0 Å². The maximum absolute atomic E-state index is 9.33. The van der Waals surface area contributed by atoms with Crippen molar-refractivity contribution in [3.05, 3.63) is 35.9 Å². The zero-order valence-electron chi connectivity index (χ0n) is 9.95. The van der Waals surface area contributed by atoms with Crippen LogP contribution in [0.5, 0.6) is 0 Å². The van der Waals surface area contributed by atoms with Crippen molar-refractivity contribution in [2.45, 2.75) is 38.8 Å². The molecule has 0 amide bonds. The Labute approximate surface area is 97.7 Å². The molecule has 0 aliphatic heterocycles. The molecule has 88 valence electrons. The first-order valence-electron chi connectivity index (χ1n) is 6.10. The zero-order valence-corrected chi connectivity index (χ0v) is 9.95. The summed E-state index contributed by atoms with van der Waals surface area (Å²) in [5.41, 5.74) is 1.78. The largest absolute Gasteiger partial charge is 0.395 e. The molecule has 0 radical (unpaired) electrons. The number of hydrogen-bond donors (Lipinski definition) is 2. The molecule has 0 bridgehead atoms. The second-order valence-electron chi connectivity index (χ2n) is 5.26. The maximum Gasteiger partial charge on any atom is 0.0584 e. The van der Waals surface area contributed by atoms with Crippen LogP contribution in [0.15, 0.2) is 30.3 Å². The molecule has 1 atom stereocenters. The number of benzene rings is 1. The predicted molar refractivity (Wildman–Crippen MR) is 66.1 cm³/mol. The van der Waals surface area contributed by atoms with Gasteiger partial charge >= 0.3 is 0 Å². The minimum Gasteiger partial charge on any atom is -0.395 e. The second-order valence-corrected chi connectivity index (χ2v) is 5.26. The van der Waals surface area contributed by atoms with Crippen LogP contribution < -0.4 is 5.32 Å². The van der Waals surface area contributed by atoms with E-state index in [4.69, 9.17) is 0 Å². The molecule has 16 heavy (non-hydrogen) atoms. The van der Waals surface area contributed by atoms with Gasteiger partial charge in [-0.25, -0.2) is 0 Å². The fourth-order valence-electron chi connectivity index (χ4n) is 2.07. The molecule has 2 rings (SSSR count). The van der Waals surface area contributed by atoms with Crippen LogP contribution in [0.25, 0.3) is 0 Å². The molecule has 1 aromatic carbocycles. The average Bonchev–Trinajstić information content (AvgIpc) is 3.04. The van der Waals surface area contributed by atoms with Crippen LogP contribution in [0.2, 0.25) is 0 Å². The fraction of sp³-hybridized carbons (Fsp3) is 0.571. The molecule has 2 heteroatoms. The van der Waals surface area contributed by atoms with E-state index in [1.165, 1.54) is 18.4 Å². The molecule has 1 aliphatic carbocycles. The number of nitrogens with one attached hydrogen (secondary N) is 1. The summed E-state index contributed by atoms with van der Waals surface area (Å²) >= 11 is 0. The topological polar surface area (TPSA) is 32.3 Å². The summed E-state index contributed by atoms with van der Waals surface area (Å²) in [5.74, 6) is 0. The Balaban J connectivity index is 1.79. The highest BCUT2D eigenvalue weighted by Crippen LogP contribution is 2.48. The van der Waals surface area contributed by atoms with Gasteiger partial charge in [0.1, 0.15) is 0 Å². The van der Waals surface area contributed by atoms with E-state index in [2.05, 4.69) is 24.4 Å². The summed E-state index contributed by atoms with van der Waals surface area (Å²) in [5, 5.41) is 12.8. The molecule has 0 heterocycles. The van der Waals surface area contributed by atoms with Gasteiger partial charge in [0.05, 0.1) is 6.61 Å². The van der Waals surface area contributed by atoms with Crippen molar-refractivity contribution in [2.75, 3.05) is 6.61 Å². The number of aliphatic hydroxyl groups excluding tert-OH is 1. The Morgan fingerprint density at radius 1 is 1.31 bits per heavy atom. The summed E-state index contributed by atoms with van der Waals surface area (Å²) in [6, 6.07) is 10.6. The first-order valence-corrected chi connectivity index (χ1v) is 6.10. The molecule has 0 spiro atoms. The molecular formula is C14H21NO. The molecule has 1 aliphatic rings. The van der Waals surface area contributed by atoms with E-state index in [0.29, 0.717) is 5.41 Å². The number of aliphatic hydroxyl groups is 1. The van der Waals surface area contributed by atoms with Gasteiger partial charge in [-0.05, 0) is 30.2 Å². The third kappa shape index (κ3) is 3.32. The SMILES string of the molecule is CC1(CC(CO)NCc2ccccc2)CC1. The minimum absolute atomic E-state index is 0.239. The van der Waals surface area contributed by atoms with Crippen molar-refractivity contribution in [1.29, 1.82) is 0 Å². The lowest BCUT2D eigenvalue weighted by Crippen LogP contribution is -2.33. The summed E-state index contributed by atoms with van der Waals surface area (Å²) < 4.78 is 0. The molecule has 0 aromatic heterocycles. The maximum atomic E-state index is 9.33. The van der Waals surface area contributed by atoms with Crippen LogP contribution in [0.3, 0.4) is 0 Å². The molecule has 1 fully saturated rings. The highest BCUT2D eigenvalue weighted by molar-refractivity contribution is 5.14. The summed E-state index contributed by atoms with van der Waals surface area (Å²) in [6.45, 7) is 3.39. The van der Waals surface area contributed by atoms with Crippen molar-refractivity contribution < 1.29 is 5.11 Å². The molecule has 2 N–H and O–H groups in total. The zero-order chi connectivity index (χ0) is 11.4. The van der Waals surface area contributed by atoms with Gasteiger partial charge in [-0.2, -0.15) is 0 Å². The van der Waals surface area contributed by atoms with Gasteiger partial charge in [0.15, 0.2) is 0 Å². The van der Waals surface area contributed by atoms with Crippen molar-refractivity contribution in [3.63, 3.8) is 0 Å². The monoisotopic (exact) mass is 219 g/mol. The normalized spacial score (nSPS) is 19.4. The second kappa shape index (κ2) is 4.98. The summed E-state index contributed by atoms with van der Waals surface area (Å²) in [6.07, 6.45) is 3.73. The van der Waals surface area contributed by atoms with Crippen molar-refractivity contribution >= 4 is 0 Å². The van der Waals surface area contributed by atoms with E-state index in [0.717, 1.165) is 13.0 Å². The van der Waals surface area contributed by atoms with Crippen molar-refractivity contribution in [3.8, 4) is 0 Å². The van der Waals surface area contributed by atoms with Crippen LogP contribution in [-0.2, 0) is 6.54 Å². The first-order chi connectivity index (χ1) is 7.72. The average molecular weight is 219 g/mol.